The van der Waals surface area contributed by atoms with Crippen molar-refractivity contribution in [1.29, 1.82) is 0 Å². The lowest BCUT2D eigenvalue weighted by Gasteiger charge is -2.34. The van der Waals surface area contributed by atoms with E-state index in [1.54, 1.807) is 0 Å². The van der Waals surface area contributed by atoms with E-state index in [1.807, 2.05) is 13.8 Å². The fraction of sp³-hybridized carbons (Fsp3) is 0.867. The summed E-state index contributed by atoms with van der Waals surface area (Å²) >= 11 is 0. The number of allylic oxidation sites excluding steroid dienone is 2. The summed E-state index contributed by atoms with van der Waals surface area (Å²) in [7, 11) is 0. The van der Waals surface area contributed by atoms with Gasteiger partial charge in [0.2, 0.25) is 0 Å². The molecule has 0 aromatic carbocycles. The minimum atomic E-state index is 0.225. The minimum absolute atomic E-state index is 0.225. The molecule has 0 heterocycles. The Morgan fingerprint density at radius 2 is 0.969 bits per heavy atom. The van der Waals surface area contributed by atoms with Gasteiger partial charge in [-0.1, -0.05) is 51.0 Å². The normalized spacial score (nSPS) is 53.5. The van der Waals surface area contributed by atoms with E-state index in [0.29, 0.717) is 21.7 Å². The zero-order valence-corrected chi connectivity index (χ0v) is 21.6. The molecule has 10 atom stereocenters. The van der Waals surface area contributed by atoms with Crippen molar-refractivity contribution in [2.75, 3.05) is 13.2 Å². The second-order valence-electron chi connectivity index (χ2n) is 13.7. The van der Waals surface area contributed by atoms with Gasteiger partial charge in [0, 0.05) is 0 Å². The van der Waals surface area contributed by atoms with Crippen LogP contribution in [0.4, 0.5) is 0 Å². The molecule has 0 saturated heterocycles. The molecule has 0 amide bonds. The van der Waals surface area contributed by atoms with Crippen LogP contribution in [0.15, 0.2) is 23.3 Å². The lowest BCUT2D eigenvalue weighted by Crippen LogP contribution is -2.26. The third kappa shape index (κ3) is 2.84. The quantitative estimate of drug-likeness (QED) is 0.409. The molecule has 8 aliphatic rings. The molecule has 0 aromatic rings. The number of aliphatic hydroxyl groups excluding tert-OH is 2. The summed E-state index contributed by atoms with van der Waals surface area (Å²) in [6.45, 7) is 14.7. The lowest BCUT2D eigenvalue weighted by molar-refractivity contribution is 0.154. The Hall–Kier alpha value is -0.600. The standard InChI is InChI=1S/2C15H24O/c2*1-10(9-16)5-4-6-14(2)11-7-12-13(8-11)15(12,14)3/h2*5,11-13,16H,4,6-9H2,1-3H3/b2*10-5-/t2*11?,12-,13?,14+,15?/m11/s1. The van der Waals surface area contributed by atoms with Crippen molar-refractivity contribution in [2.24, 2.45) is 57.2 Å². The van der Waals surface area contributed by atoms with Gasteiger partial charge in [-0.25, -0.2) is 0 Å². The van der Waals surface area contributed by atoms with Crippen molar-refractivity contribution in [3.8, 4) is 0 Å². The van der Waals surface area contributed by atoms with E-state index in [4.69, 9.17) is 10.2 Å². The Kier molecular flexibility index (Phi) is 5.39. The first-order valence-corrected chi connectivity index (χ1v) is 13.6. The van der Waals surface area contributed by atoms with Crippen LogP contribution >= 0.6 is 0 Å². The van der Waals surface area contributed by atoms with Gasteiger partial charge in [0.05, 0.1) is 13.2 Å². The molecule has 32 heavy (non-hydrogen) atoms. The fourth-order valence-corrected chi connectivity index (χ4v) is 10.4. The van der Waals surface area contributed by atoms with Crippen LogP contribution < -0.4 is 0 Å². The molecule has 2 nitrogen and oxygen atoms in total. The summed E-state index contributed by atoms with van der Waals surface area (Å²) in [6.07, 6.45) is 15.5. The van der Waals surface area contributed by atoms with Crippen molar-refractivity contribution in [3.05, 3.63) is 23.3 Å². The van der Waals surface area contributed by atoms with Gasteiger partial charge in [-0.3, -0.25) is 0 Å². The summed E-state index contributed by atoms with van der Waals surface area (Å²) in [5, 5.41) is 18.0. The Morgan fingerprint density at radius 1 is 0.656 bits per heavy atom. The van der Waals surface area contributed by atoms with Gasteiger partial charge in [-0.2, -0.15) is 0 Å². The minimum Gasteiger partial charge on any atom is -0.392 e. The molecular formula is C30H48O2. The number of hydrogen-bond acceptors (Lipinski definition) is 2. The van der Waals surface area contributed by atoms with Gasteiger partial charge < -0.3 is 10.2 Å². The van der Waals surface area contributed by atoms with Gasteiger partial charge in [-0.15, -0.1) is 0 Å². The monoisotopic (exact) mass is 440 g/mol. The van der Waals surface area contributed by atoms with Crippen molar-refractivity contribution < 1.29 is 10.2 Å². The van der Waals surface area contributed by atoms with E-state index < -0.39 is 0 Å². The molecular weight excluding hydrogens is 392 g/mol. The smallest absolute Gasteiger partial charge is 0.0639 e. The zero-order valence-electron chi connectivity index (χ0n) is 21.6. The third-order valence-electron chi connectivity index (χ3n) is 13.1. The van der Waals surface area contributed by atoms with Crippen molar-refractivity contribution in [1.82, 2.24) is 0 Å². The van der Waals surface area contributed by atoms with Crippen LogP contribution in [0.25, 0.3) is 0 Å². The highest BCUT2D eigenvalue weighted by Crippen LogP contribution is 2.87. The lowest BCUT2D eigenvalue weighted by atomic mass is 9.71. The van der Waals surface area contributed by atoms with Crippen LogP contribution in [-0.2, 0) is 0 Å². The van der Waals surface area contributed by atoms with E-state index in [1.165, 1.54) is 38.5 Å². The maximum absolute atomic E-state index is 8.99. The SMILES string of the molecule is C/C(=C/CC[C@@]1(C)C2CC3[C@@H](C2)C31C)CO.C/C(=C/CC[C@@]1(C)C2CC3[C@@H](C2)C31C)CO. The van der Waals surface area contributed by atoms with Crippen LogP contribution in [0.3, 0.4) is 0 Å². The number of rotatable bonds is 8. The first kappa shape index (κ1) is 23.2. The Balaban J connectivity index is 0.000000135. The molecule has 0 spiro atoms. The molecule has 8 saturated carbocycles. The molecule has 2 N–H and O–H groups in total. The third-order valence-corrected chi connectivity index (χ3v) is 13.1. The molecule has 2 heteroatoms. The van der Waals surface area contributed by atoms with Gasteiger partial charge in [-0.05, 0) is 122 Å². The summed E-state index contributed by atoms with van der Waals surface area (Å²) in [5.41, 5.74) is 4.86. The highest BCUT2D eigenvalue weighted by molar-refractivity contribution is 5.30. The molecule has 0 aromatic heterocycles. The second-order valence-corrected chi connectivity index (χ2v) is 13.7. The molecule has 0 aliphatic heterocycles. The Bertz CT molecular complexity index is 731. The Morgan fingerprint density at radius 3 is 1.19 bits per heavy atom. The highest BCUT2D eigenvalue weighted by Gasteiger charge is 2.81. The average molecular weight is 441 g/mol. The predicted octanol–water partition coefficient (Wildman–Crippen LogP) is 6.77. The fourth-order valence-electron chi connectivity index (χ4n) is 10.4. The maximum atomic E-state index is 8.99. The van der Waals surface area contributed by atoms with Crippen molar-refractivity contribution >= 4 is 0 Å². The molecule has 8 bridgehead atoms. The van der Waals surface area contributed by atoms with Gasteiger partial charge in [0.25, 0.3) is 0 Å². The van der Waals surface area contributed by atoms with Gasteiger partial charge in [0.15, 0.2) is 0 Å². The molecule has 8 aliphatic carbocycles. The van der Waals surface area contributed by atoms with E-state index in [2.05, 4.69) is 39.8 Å². The highest BCUT2D eigenvalue weighted by atomic mass is 16.3. The first-order valence-electron chi connectivity index (χ1n) is 13.6. The van der Waals surface area contributed by atoms with Crippen LogP contribution in [0.5, 0.6) is 0 Å². The predicted molar refractivity (Wildman–Crippen MR) is 132 cm³/mol. The van der Waals surface area contributed by atoms with E-state index in [9.17, 15) is 0 Å². The Labute approximate surface area is 197 Å². The average Bonchev–Trinajstić information content (AvgIpc) is 3.21. The first-order chi connectivity index (χ1) is 15.1. The molecule has 8 rings (SSSR count). The molecule has 0 radical (unpaired) electrons. The largest absolute Gasteiger partial charge is 0.392 e. The molecule has 180 valence electrons. The zero-order chi connectivity index (χ0) is 23.1. The second kappa shape index (κ2) is 7.45. The number of hydrogen-bond donors (Lipinski definition) is 2. The summed E-state index contributed by atoms with van der Waals surface area (Å²) in [5.74, 6) is 6.32. The van der Waals surface area contributed by atoms with Crippen LogP contribution in [0.1, 0.15) is 92.9 Å². The topological polar surface area (TPSA) is 40.5 Å². The van der Waals surface area contributed by atoms with Gasteiger partial charge in [0.1, 0.15) is 0 Å². The van der Waals surface area contributed by atoms with Crippen molar-refractivity contribution in [3.63, 3.8) is 0 Å². The van der Waals surface area contributed by atoms with E-state index >= 15 is 0 Å². The molecule has 6 unspecified atom stereocenters. The van der Waals surface area contributed by atoms with Gasteiger partial charge >= 0.3 is 0 Å². The molecule has 8 fully saturated rings. The van der Waals surface area contributed by atoms with Crippen LogP contribution in [-0.4, -0.2) is 23.4 Å². The van der Waals surface area contributed by atoms with Crippen molar-refractivity contribution in [2.45, 2.75) is 92.9 Å². The number of aliphatic hydroxyl groups is 2. The van der Waals surface area contributed by atoms with E-state index in [-0.39, 0.29) is 13.2 Å². The maximum Gasteiger partial charge on any atom is 0.0639 e. The summed E-state index contributed by atoms with van der Waals surface area (Å²) in [4.78, 5) is 0. The van der Waals surface area contributed by atoms with E-state index in [0.717, 1.165) is 59.5 Å². The van der Waals surface area contributed by atoms with Crippen LogP contribution in [0.2, 0.25) is 0 Å². The summed E-state index contributed by atoms with van der Waals surface area (Å²) < 4.78 is 0. The summed E-state index contributed by atoms with van der Waals surface area (Å²) in [6, 6.07) is 0. The van der Waals surface area contributed by atoms with Crippen LogP contribution in [0, 0.1) is 57.2 Å².